The molecule has 0 aliphatic carbocycles. The number of fused-ring (bicyclic) bond motifs is 1. The Labute approximate surface area is 173 Å². The van der Waals surface area contributed by atoms with Crippen LogP contribution in [-0.4, -0.2) is 50.4 Å². The molecule has 3 aromatic heterocycles. The molecule has 1 saturated heterocycles. The van der Waals surface area contributed by atoms with Gasteiger partial charge in [-0.15, -0.1) is 28.0 Å². The van der Waals surface area contributed by atoms with Crippen LogP contribution in [0.1, 0.15) is 17.7 Å². The van der Waals surface area contributed by atoms with Gasteiger partial charge in [0.1, 0.15) is 22.3 Å². The van der Waals surface area contributed by atoms with Gasteiger partial charge in [0.05, 0.1) is 11.1 Å². The Kier molecular flexibility index (Phi) is 5.39. The van der Waals surface area contributed by atoms with E-state index in [-0.39, 0.29) is 17.8 Å². The number of nitrogens with zero attached hydrogens (tertiary/aromatic N) is 4. The number of thiophene rings is 1. The number of carbonyl (C=O) groups excluding carboxylic acids is 1. The number of halogens is 4. The van der Waals surface area contributed by atoms with Crippen molar-refractivity contribution >= 4 is 40.3 Å². The highest BCUT2D eigenvalue weighted by atomic mass is 35.5. The van der Waals surface area contributed by atoms with Crippen LogP contribution in [0.5, 0.6) is 0 Å². The summed E-state index contributed by atoms with van der Waals surface area (Å²) in [5.74, 6) is 0.520. The van der Waals surface area contributed by atoms with Crippen molar-refractivity contribution in [1.82, 2.24) is 19.5 Å². The van der Waals surface area contributed by atoms with Gasteiger partial charge in [-0.3, -0.25) is 4.79 Å². The van der Waals surface area contributed by atoms with Crippen LogP contribution in [-0.2, 0) is 11.0 Å². The molecule has 29 heavy (non-hydrogen) atoms. The van der Waals surface area contributed by atoms with Gasteiger partial charge < -0.3 is 10.2 Å². The number of rotatable bonds is 4. The molecule has 11 heteroatoms. The molecule has 0 spiro atoms. The smallest absolute Gasteiger partial charge is 0.366 e. The Morgan fingerprint density at radius 1 is 1.24 bits per heavy atom. The van der Waals surface area contributed by atoms with Crippen molar-refractivity contribution in [2.75, 3.05) is 24.3 Å². The van der Waals surface area contributed by atoms with Crippen LogP contribution in [0.15, 0.2) is 30.5 Å². The fourth-order valence-corrected chi connectivity index (χ4v) is 4.35. The zero-order chi connectivity index (χ0) is 20.6. The summed E-state index contributed by atoms with van der Waals surface area (Å²) in [6, 6.07) is 6.20. The van der Waals surface area contributed by atoms with Crippen molar-refractivity contribution in [1.29, 1.82) is 0 Å². The standard InChI is InChI=1S/C18H17ClF3N5OS/c19-9-17(28)26-7-5-11(6-8-26)24-15-3-4-16-23-10-12(27(16)25-15)13-1-2-14(29-13)18(20,21)22/h1-4,10-11H,5-9H2,(H,24,25). The molecule has 1 aliphatic heterocycles. The number of nitrogens with one attached hydrogen (secondary N) is 1. The molecule has 0 bridgehead atoms. The summed E-state index contributed by atoms with van der Waals surface area (Å²) in [6.07, 6.45) is -1.32. The Bertz CT molecular complexity index is 1030. The molecular weight excluding hydrogens is 427 g/mol. The molecule has 6 nitrogen and oxygen atoms in total. The highest BCUT2D eigenvalue weighted by molar-refractivity contribution is 7.15. The largest absolute Gasteiger partial charge is 0.425 e. The molecule has 0 saturated carbocycles. The van der Waals surface area contributed by atoms with E-state index < -0.39 is 11.1 Å². The van der Waals surface area contributed by atoms with Gasteiger partial charge >= 0.3 is 6.18 Å². The highest BCUT2D eigenvalue weighted by Gasteiger charge is 2.33. The molecule has 4 rings (SSSR count). The van der Waals surface area contributed by atoms with Crippen molar-refractivity contribution in [2.45, 2.75) is 25.1 Å². The van der Waals surface area contributed by atoms with E-state index in [0.29, 0.717) is 46.5 Å². The first-order valence-electron chi connectivity index (χ1n) is 8.97. The summed E-state index contributed by atoms with van der Waals surface area (Å²) in [6.45, 7) is 1.24. The fourth-order valence-electron chi connectivity index (χ4n) is 3.31. The summed E-state index contributed by atoms with van der Waals surface area (Å²) in [4.78, 5) is 17.4. The molecular formula is C18H17ClF3N5OS. The lowest BCUT2D eigenvalue weighted by Gasteiger charge is -2.32. The van der Waals surface area contributed by atoms with E-state index in [9.17, 15) is 18.0 Å². The summed E-state index contributed by atoms with van der Waals surface area (Å²) < 4.78 is 40.3. The van der Waals surface area contributed by atoms with Crippen LogP contribution in [0.4, 0.5) is 19.0 Å². The van der Waals surface area contributed by atoms with Crippen molar-refractivity contribution in [3.63, 3.8) is 0 Å². The lowest BCUT2D eigenvalue weighted by atomic mass is 10.1. The van der Waals surface area contributed by atoms with Crippen LogP contribution in [0, 0.1) is 0 Å². The number of alkyl halides is 4. The van der Waals surface area contributed by atoms with Gasteiger partial charge in [-0.05, 0) is 37.1 Å². The van der Waals surface area contributed by atoms with E-state index in [4.69, 9.17) is 11.6 Å². The number of amides is 1. The number of anilines is 1. The molecule has 3 aromatic rings. The average molecular weight is 444 g/mol. The summed E-state index contributed by atoms with van der Waals surface area (Å²) in [7, 11) is 0. The third-order valence-corrected chi connectivity index (χ3v) is 6.20. The number of aromatic nitrogens is 3. The first-order chi connectivity index (χ1) is 13.8. The molecule has 1 aliphatic rings. The maximum Gasteiger partial charge on any atom is 0.425 e. The zero-order valence-corrected chi connectivity index (χ0v) is 16.7. The van der Waals surface area contributed by atoms with Crippen LogP contribution < -0.4 is 5.32 Å². The van der Waals surface area contributed by atoms with Gasteiger partial charge in [0.15, 0.2) is 5.65 Å². The minimum absolute atomic E-state index is 0.0154. The first-order valence-corrected chi connectivity index (χ1v) is 10.3. The van der Waals surface area contributed by atoms with Crippen LogP contribution >= 0.6 is 22.9 Å². The van der Waals surface area contributed by atoms with E-state index in [1.165, 1.54) is 12.3 Å². The van der Waals surface area contributed by atoms with E-state index in [0.717, 1.165) is 18.9 Å². The Hall–Kier alpha value is -2.33. The predicted octanol–water partition coefficient (Wildman–Crippen LogP) is 4.12. The van der Waals surface area contributed by atoms with Gasteiger partial charge in [0, 0.05) is 19.1 Å². The maximum absolute atomic E-state index is 12.9. The molecule has 0 radical (unpaired) electrons. The number of hydrogen-bond donors (Lipinski definition) is 1. The normalized spacial score (nSPS) is 15.8. The number of piperidine rings is 1. The molecule has 1 fully saturated rings. The molecule has 154 valence electrons. The second-order valence-electron chi connectivity index (χ2n) is 6.73. The number of hydrogen-bond acceptors (Lipinski definition) is 5. The Morgan fingerprint density at radius 2 is 2.00 bits per heavy atom. The van der Waals surface area contributed by atoms with Gasteiger partial charge in [0.25, 0.3) is 0 Å². The SMILES string of the molecule is O=C(CCl)N1CCC(Nc2ccc3ncc(-c4ccc(C(F)(F)F)s4)n3n2)CC1. The highest BCUT2D eigenvalue weighted by Crippen LogP contribution is 2.38. The maximum atomic E-state index is 12.9. The fraction of sp³-hybridized carbons (Fsp3) is 0.389. The van der Waals surface area contributed by atoms with E-state index in [2.05, 4.69) is 15.4 Å². The zero-order valence-electron chi connectivity index (χ0n) is 15.1. The van der Waals surface area contributed by atoms with Crippen molar-refractivity contribution in [2.24, 2.45) is 0 Å². The second kappa shape index (κ2) is 7.83. The molecule has 0 unspecified atom stereocenters. The molecule has 1 N–H and O–H groups in total. The van der Waals surface area contributed by atoms with E-state index in [1.54, 1.807) is 21.5 Å². The summed E-state index contributed by atoms with van der Waals surface area (Å²) in [5.41, 5.74) is 1.06. The van der Waals surface area contributed by atoms with Gasteiger partial charge in [-0.1, -0.05) is 0 Å². The lowest BCUT2D eigenvalue weighted by Crippen LogP contribution is -2.43. The van der Waals surface area contributed by atoms with Gasteiger partial charge in [-0.2, -0.15) is 13.2 Å². The number of imidazole rings is 1. The lowest BCUT2D eigenvalue weighted by molar-refractivity contribution is -0.134. The number of carbonyl (C=O) groups is 1. The number of likely N-dealkylation sites (tertiary alicyclic amines) is 1. The second-order valence-corrected chi connectivity index (χ2v) is 8.08. The first kappa shape index (κ1) is 20.0. The van der Waals surface area contributed by atoms with E-state index >= 15 is 0 Å². The topological polar surface area (TPSA) is 62.5 Å². The van der Waals surface area contributed by atoms with Crippen LogP contribution in [0.2, 0.25) is 0 Å². The van der Waals surface area contributed by atoms with Crippen LogP contribution in [0.25, 0.3) is 16.2 Å². The van der Waals surface area contributed by atoms with Crippen molar-refractivity contribution in [3.05, 3.63) is 35.3 Å². The monoisotopic (exact) mass is 443 g/mol. The Balaban J connectivity index is 1.52. The third kappa shape index (κ3) is 4.18. The van der Waals surface area contributed by atoms with Crippen molar-refractivity contribution in [3.8, 4) is 10.6 Å². The van der Waals surface area contributed by atoms with Gasteiger partial charge in [0.2, 0.25) is 5.91 Å². The molecule has 4 heterocycles. The third-order valence-electron chi connectivity index (χ3n) is 4.81. The average Bonchev–Trinajstić information content (AvgIpc) is 3.34. The van der Waals surface area contributed by atoms with Crippen molar-refractivity contribution < 1.29 is 18.0 Å². The molecule has 1 amide bonds. The van der Waals surface area contributed by atoms with E-state index in [1.807, 2.05) is 0 Å². The molecule has 0 aromatic carbocycles. The van der Waals surface area contributed by atoms with Crippen LogP contribution in [0.3, 0.4) is 0 Å². The summed E-state index contributed by atoms with van der Waals surface area (Å²) >= 11 is 6.27. The quantitative estimate of drug-likeness (QED) is 0.616. The minimum Gasteiger partial charge on any atom is -0.366 e. The minimum atomic E-state index is -4.37. The van der Waals surface area contributed by atoms with Gasteiger partial charge in [-0.25, -0.2) is 9.50 Å². The molecule has 0 atom stereocenters. The predicted molar refractivity (Wildman–Crippen MR) is 105 cm³/mol. The Morgan fingerprint density at radius 3 is 2.66 bits per heavy atom. The summed E-state index contributed by atoms with van der Waals surface area (Å²) in [5, 5.41) is 7.86.